The fourth-order valence-corrected chi connectivity index (χ4v) is 4.58. The van der Waals surface area contributed by atoms with Gasteiger partial charge in [-0.05, 0) is 38.1 Å². The molecule has 1 atom stereocenters. The van der Waals surface area contributed by atoms with Crippen molar-refractivity contribution in [2.75, 3.05) is 11.1 Å². The van der Waals surface area contributed by atoms with E-state index in [2.05, 4.69) is 15.5 Å². The van der Waals surface area contributed by atoms with Gasteiger partial charge in [-0.25, -0.2) is 0 Å². The van der Waals surface area contributed by atoms with Crippen LogP contribution in [-0.2, 0) is 9.59 Å². The Kier molecular flexibility index (Phi) is 6.97. The number of primary amides is 1. The SMILES string of the molecule is CC(=O)c1ccc(NC(=O)[C@H](C)Sc2nnc(SCC(N)=O)s2)cc1. The molecule has 0 fully saturated rings. The van der Waals surface area contributed by atoms with Gasteiger partial charge in [0, 0.05) is 11.3 Å². The molecule has 0 unspecified atom stereocenters. The minimum Gasteiger partial charge on any atom is -0.369 e. The molecule has 2 amide bonds. The van der Waals surface area contributed by atoms with Crippen LogP contribution in [0.5, 0.6) is 0 Å². The predicted octanol–water partition coefficient (Wildman–Crippen LogP) is 2.44. The first-order valence-electron chi connectivity index (χ1n) is 7.18. The summed E-state index contributed by atoms with van der Waals surface area (Å²) in [5.41, 5.74) is 6.30. The van der Waals surface area contributed by atoms with E-state index < -0.39 is 5.91 Å². The van der Waals surface area contributed by atoms with Gasteiger partial charge in [-0.2, -0.15) is 0 Å². The van der Waals surface area contributed by atoms with E-state index >= 15 is 0 Å². The van der Waals surface area contributed by atoms with Gasteiger partial charge in [0.25, 0.3) is 0 Å². The second-order valence-electron chi connectivity index (χ2n) is 4.97. The van der Waals surface area contributed by atoms with E-state index in [4.69, 9.17) is 5.73 Å². The lowest BCUT2D eigenvalue weighted by atomic mass is 10.1. The minimum atomic E-state index is -0.419. The van der Waals surface area contributed by atoms with Gasteiger partial charge in [-0.1, -0.05) is 34.9 Å². The van der Waals surface area contributed by atoms with Crippen molar-refractivity contribution >= 4 is 58.1 Å². The highest BCUT2D eigenvalue weighted by molar-refractivity contribution is 8.04. The van der Waals surface area contributed by atoms with Crippen molar-refractivity contribution in [3.05, 3.63) is 29.8 Å². The van der Waals surface area contributed by atoms with Crippen molar-refractivity contribution in [3.63, 3.8) is 0 Å². The summed E-state index contributed by atoms with van der Waals surface area (Å²) in [5, 5.41) is 10.4. The van der Waals surface area contributed by atoms with Crippen molar-refractivity contribution in [2.24, 2.45) is 5.73 Å². The normalized spacial score (nSPS) is 11.8. The number of rotatable bonds is 8. The summed E-state index contributed by atoms with van der Waals surface area (Å²) in [4.78, 5) is 34.3. The number of aromatic nitrogens is 2. The summed E-state index contributed by atoms with van der Waals surface area (Å²) in [6.07, 6.45) is 0. The summed E-state index contributed by atoms with van der Waals surface area (Å²) in [7, 11) is 0. The second kappa shape index (κ2) is 8.97. The third-order valence-electron chi connectivity index (χ3n) is 2.93. The van der Waals surface area contributed by atoms with Crippen LogP contribution in [0.1, 0.15) is 24.2 Å². The van der Waals surface area contributed by atoms with Crippen molar-refractivity contribution < 1.29 is 14.4 Å². The van der Waals surface area contributed by atoms with Gasteiger partial charge in [0.1, 0.15) is 0 Å². The number of hydrogen-bond acceptors (Lipinski definition) is 8. The summed E-state index contributed by atoms with van der Waals surface area (Å²) >= 11 is 3.81. The van der Waals surface area contributed by atoms with Crippen LogP contribution in [-0.4, -0.2) is 38.8 Å². The number of Topliss-reactive ketones (excluding diaryl/α,β-unsaturated/α-hetero) is 1. The summed E-state index contributed by atoms with van der Waals surface area (Å²) in [5.74, 6) is -0.478. The summed E-state index contributed by atoms with van der Waals surface area (Å²) in [6, 6.07) is 6.72. The zero-order valence-electron chi connectivity index (χ0n) is 13.5. The smallest absolute Gasteiger partial charge is 0.237 e. The number of nitrogens with one attached hydrogen (secondary N) is 1. The maximum absolute atomic E-state index is 12.2. The highest BCUT2D eigenvalue weighted by Crippen LogP contribution is 2.31. The number of carbonyl (C=O) groups excluding carboxylic acids is 3. The molecule has 0 aliphatic rings. The number of nitrogens with zero attached hydrogens (tertiary/aromatic N) is 2. The maximum Gasteiger partial charge on any atom is 0.237 e. The van der Waals surface area contributed by atoms with Crippen LogP contribution in [0.4, 0.5) is 5.69 Å². The summed E-state index contributed by atoms with van der Waals surface area (Å²) in [6.45, 7) is 3.26. The Bertz CT molecular complexity index is 777. The Morgan fingerprint density at radius 3 is 2.44 bits per heavy atom. The van der Waals surface area contributed by atoms with E-state index in [0.717, 1.165) is 0 Å². The van der Waals surface area contributed by atoms with Gasteiger partial charge >= 0.3 is 0 Å². The first kappa shape index (κ1) is 19.4. The molecular formula is C15H16N4O3S3. The molecule has 2 aromatic rings. The zero-order chi connectivity index (χ0) is 18.4. The van der Waals surface area contributed by atoms with Gasteiger partial charge < -0.3 is 11.1 Å². The molecule has 0 bridgehead atoms. The average molecular weight is 397 g/mol. The molecule has 3 N–H and O–H groups in total. The van der Waals surface area contributed by atoms with Crippen LogP contribution in [0.2, 0.25) is 0 Å². The van der Waals surface area contributed by atoms with E-state index in [9.17, 15) is 14.4 Å². The lowest BCUT2D eigenvalue weighted by Crippen LogP contribution is -2.22. The molecule has 1 heterocycles. The first-order valence-corrected chi connectivity index (χ1v) is 9.86. The third-order valence-corrected chi connectivity index (χ3v) is 6.19. The van der Waals surface area contributed by atoms with E-state index in [-0.39, 0.29) is 22.7 Å². The molecule has 10 heteroatoms. The van der Waals surface area contributed by atoms with Crippen molar-refractivity contribution in [1.82, 2.24) is 10.2 Å². The van der Waals surface area contributed by atoms with Gasteiger partial charge in [-0.3, -0.25) is 14.4 Å². The van der Waals surface area contributed by atoms with Crippen molar-refractivity contribution in [1.29, 1.82) is 0 Å². The zero-order valence-corrected chi connectivity index (χ0v) is 16.0. The monoisotopic (exact) mass is 396 g/mol. The molecule has 2 rings (SSSR count). The molecule has 25 heavy (non-hydrogen) atoms. The minimum absolute atomic E-state index is 0.0249. The van der Waals surface area contributed by atoms with E-state index in [1.807, 2.05) is 0 Å². The van der Waals surface area contributed by atoms with E-state index in [1.165, 1.54) is 41.8 Å². The van der Waals surface area contributed by atoms with E-state index in [0.29, 0.717) is 19.9 Å². The second-order valence-corrected chi connectivity index (χ2v) is 8.76. The van der Waals surface area contributed by atoms with Gasteiger partial charge in [0.2, 0.25) is 11.8 Å². The average Bonchev–Trinajstić information content (AvgIpc) is 3.00. The first-order chi connectivity index (χ1) is 11.8. The number of amides is 2. The molecule has 132 valence electrons. The van der Waals surface area contributed by atoms with Crippen LogP contribution in [0.15, 0.2) is 32.9 Å². The molecule has 0 spiro atoms. The molecular weight excluding hydrogens is 380 g/mol. The Morgan fingerprint density at radius 1 is 1.20 bits per heavy atom. The molecule has 0 saturated carbocycles. The van der Waals surface area contributed by atoms with Crippen molar-refractivity contribution in [3.8, 4) is 0 Å². The quantitative estimate of drug-likeness (QED) is 0.520. The van der Waals surface area contributed by atoms with Crippen LogP contribution in [0.3, 0.4) is 0 Å². The Labute approximate surface area is 157 Å². The predicted molar refractivity (Wildman–Crippen MR) is 100 cm³/mol. The Morgan fingerprint density at radius 2 is 1.84 bits per heavy atom. The highest BCUT2D eigenvalue weighted by Gasteiger charge is 2.17. The molecule has 1 aromatic heterocycles. The van der Waals surface area contributed by atoms with Gasteiger partial charge in [0.15, 0.2) is 14.5 Å². The molecule has 0 radical (unpaired) electrons. The molecule has 1 aromatic carbocycles. The molecule has 7 nitrogen and oxygen atoms in total. The van der Waals surface area contributed by atoms with Gasteiger partial charge in [0.05, 0.1) is 11.0 Å². The molecule has 0 aliphatic heterocycles. The van der Waals surface area contributed by atoms with E-state index in [1.54, 1.807) is 31.2 Å². The molecule has 0 aliphatic carbocycles. The van der Waals surface area contributed by atoms with Crippen LogP contribution < -0.4 is 11.1 Å². The Balaban J connectivity index is 1.89. The lowest BCUT2D eigenvalue weighted by Gasteiger charge is -2.10. The summed E-state index contributed by atoms with van der Waals surface area (Å²) < 4.78 is 1.27. The Hall–Kier alpha value is -1.91. The molecule has 0 saturated heterocycles. The fourth-order valence-electron chi connectivity index (χ4n) is 1.67. The number of anilines is 1. The number of ketones is 1. The standard InChI is InChI=1S/C15H16N4O3S3/c1-8(20)10-3-5-11(6-4-10)17-13(22)9(2)24-15-19-18-14(25-15)23-7-12(16)21/h3-6,9H,7H2,1-2H3,(H2,16,21)(H,17,22)/t9-/m0/s1. The van der Waals surface area contributed by atoms with Crippen molar-refractivity contribution in [2.45, 2.75) is 27.8 Å². The number of thioether (sulfide) groups is 2. The number of nitrogens with two attached hydrogens (primary N) is 1. The highest BCUT2D eigenvalue weighted by atomic mass is 32.2. The third kappa shape index (κ3) is 6.15. The number of hydrogen-bond donors (Lipinski definition) is 2. The number of carbonyl (C=O) groups is 3. The van der Waals surface area contributed by atoms with Crippen LogP contribution in [0, 0.1) is 0 Å². The van der Waals surface area contributed by atoms with Crippen LogP contribution in [0.25, 0.3) is 0 Å². The maximum atomic E-state index is 12.2. The topological polar surface area (TPSA) is 115 Å². The number of benzene rings is 1. The fraction of sp³-hybridized carbons (Fsp3) is 0.267. The van der Waals surface area contributed by atoms with Gasteiger partial charge in [-0.15, -0.1) is 10.2 Å². The lowest BCUT2D eigenvalue weighted by molar-refractivity contribution is -0.116. The van der Waals surface area contributed by atoms with Crippen LogP contribution >= 0.6 is 34.9 Å². The largest absolute Gasteiger partial charge is 0.369 e.